The maximum absolute atomic E-state index is 12.0. The van der Waals surface area contributed by atoms with E-state index in [1.54, 1.807) is 18.1 Å². The zero-order chi connectivity index (χ0) is 18.4. The highest BCUT2D eigenvalue weighted by Crippen LogP contribution is 2.36. The molecule has 1 aliphatic carbocycles. The van der Waals surface area contributed by atoms with Crippen molar-refractivity contribution < 1.29 is 4.79 Å². The minimum absolute atomic E-state index is 0.0538. The molecule has 3 aromatic heterocycles. The molecule has 0 unspecified atom stereocenters. The number of thiazole rings is 1. The van der Waals surface area contributed by atoms with Gasteiger partial charge in [0.2, 0.25) is 5.91 Å². The van der Waals surface area contributed by atoms with Crippen LogP contribution in [-0.4, -0.2) is 36.9 Å². The number of hydrogen-bond acceptors (Lipinski definition) is 6. The van der Waals surface area contributed by atoms with Crippen LogP contribution in [0.3, 0.4) is 0 Å². The van der Waals surface area contributed by atoms with E-state index < -0.39 is 0 Å². The third kappa shape index (κ3) is 2.92. The first-order chi connectivity index (χ1) is 13.2. The summed E-state index contributed by atoms with van der Waals surface area (Å²) in [6.07, 6.45) is 7.59. The minimum Gasteiger partial charge on any atom is -0.302 e. The third-order valence-corrected chi connectivity index (χ3v) is 6.29. The summed E-state index contributed by atoms with van der Waals surface area (Å²) < 4.78 is 2.85. The Morgan fingerprint density at radius 3 is 3.04 bits per heavy atom. The number of anilines is 1. The van der Waals surface area contributed by atoms with Gasteiger partial charge in [0.05, 0.1) is 11.9 Å². The van der Waals surface area contributed by atoms with Crippen molar-refractivity contribution in [3.63, 3.8) is 0 Å². The summed E-state index contributed by atoms with van der Waals surface area (Å²) in [6, 6.07) is 8.22. The maximum Gasteiger partial charge on any atom is 0.229 e. The summed E-state index contributed by atoms with van der Waals surface area (Å²) in [7, 11) is 0. The van der Waals surface area contributed by atoms with E-state index in [-0.39, 0.29) is 11.8 Å². The molecule has 4 aromatic rings. The second-order valence-electron chi connectivity index (χ2n) is 6.36. The number of rotatable bonds is 5. The maximum atomic E-state index is 12.0. The van der Waals surface area contributed by atoms with Gasteiger partial charge in [0.15, 0.2) is 16.6 Å². The monoisotopic (exact) mass is 396 g/mol. The summed E-state index contributed by atoms with van der Waals surface area (Å²) in [4.78, 5) is 22.0. The molecule has 2 N–H and O–H groups in total. The SMILES string of the molecule is CSc1ccccc1-c1cncn1-c1n[nH]c2nc(NC(=O)C3CC3)sc12. The molecule has 0 radical (unpaired) electrons. The number of carbonyl (C=O) groups excluding carboxylic acids is 1. The zero-order valence-corrected chi connectivity index (χ0v) is 16.1. The van der Waals surface area contributed by atoms with E-state index in [1.165, 1.54) is 16.2 Å². The molecule has 0 bridgehead atoms. The number of amides is 1. The fraction of sp³-hybridized carbons (Fsp3) is 0.222. The second-order valence-corrected chi connectivity index (χ2v) is 8.20. The third-order valence-electron chi connectivity index (χ3n) is 4.53. The van der Waals surface area contributed by atoms with Crippen molar-refractivity contribution in [1.82, 2.24) is 24.7 Å². The molecule has 1 saturated carbocycles. The lowest BCUT2D eigenvalue weighted by Crippen LogP contribution is -2.12. The smallest absolute Gasteiger partial charge is 0.229 e. The molecule has 3 heterocycles. The molecule has 1 fully saturated rings. The van der Waals surface area contributed by atoms with Crippen LogP contribution in [0.5, 0.6) is 0 Å². The van der Waals surface area contributed by atoms with Crippen LogP contribution in [-0.2, 0) is 4.79 Å². The summed E-state index contributed by atoms with van der Waals surface area (Å²) in [5.41, 5.74) is 2.73. The van der Waals surface area contributed by atoms with Gasteiger partial charge in [0.1, 0.15) is 11.0 Å². The van der Waals surface area contributed by atoms with Gasteiger partial charge in [-0.15, -0.1) is 11.8 Å². The first-order valence-electron chi connectivity index (χ1n) is 8.56. The Balaban J connectivity index is 1.56. The number of fused-ring (bicyclic) bond motifs is 1. The van der Waals surface area contributed by atoms with Crippen LogP contribution in [0.1, 0.15) is 12.8 Å². The average molecular weight is 397 g/mol. The minimum atomic E-state index is 0.0538. The Morgan fingerprint density at radius 1 is 1.37 bits per heavy atom. The van der Waals surface area contributed by atoms with E-state index in [4.69, 9.17) is 0 Å². The number of imidazole rings is 1. The number of aromatic amines is 1. The standard InChI is InChI=1S/C18H16N6OS2/c1-26-13-5-3-2-4-11(13)12-8-19-9-24(12)16-14-15(22-23-16)20-18(27-14)21-17(25)10-6-7-10/h2-5,8-10H,6-7H2,1H3,(H2,20,21,22,23,25). The van der Waals surface area contributed by atoms with Gasteiger partial charge >= 0.3 is 0 Å². The first kappa shape index (κ1) is 16.5. The Hall–Kier alpha value is -2.65. The number of nitrogens with zero attached hydrogens (tertiary/aromatic N) is 4. The van der Waals surface area contributed by atoms with Crippen LogP contribution in [0.4, 0.5) is 5.13 Å². The van der Waals surface area contributed by atoms with Crippen molar-refractivity contribution in [3.05, 3.63) is 36.8 Å². The van der Waals surface area contributed by atoms with Crippen molar-refractivity contribution in [3.8, 4) is 17.1 Å². The number of nitrogens with one attached hydrogen (secondary N) is 2. The van der Waals surface area contributed by atoms with Crippen molar-refractivity contribution in [2.24, 2.45) is 5.92 Å². The van der Waals surface area contributed by atoms with E-state index in [9.17, 15) is 4.79 Å². The summed E-state index contributed by atoms with van der Waals surface area (Å²) in [6.45, 7) is 0. The van der Waals surface area contributed by atoms with Crippen LogP contribution in [0.25, 0.3) is 27.4 Å². The summed E-state index contributed by atoms with van der Waals surface area (Å²) in [5, 5.41) is 10.9. The normalized spacial score (nSPS) is 14.0. The Bertz CT molecular complexity index is 1140. The van der Waals surface area contributed by atoms with Gasteiger partial charge in [-0.25, -0.2) is 9.97 Å². The summed E-state index contributed by atoms with van der Waals surface area (Å²) >= 11 is 3.12. The highest BCUT2D eigenvalue weighted by Gasteiger charge is 2.30. The van der Waals surface area contributed by atoms with E-state index in [0.717, 1.165) is 34.6 Å². The molecular weight excluding hydrogens is 380 g/mol. The molecule has 0 aliphatic heterocycles. The molecule has 1 amide bonds. The quantitative estimate of drug-likeness (QED) is 0.499. The predicted molar refractivity (Wildman–Crippen MR) is 107 cm³/mol. The number of benzene rings is 1. The fourth-order valence-corrected chi connectivity index (χ4v) is 4.51. The van der Waals surface area contributed by atoms with Gasteiger partial charge in [-0.3, -0.25) is 14.5 Å². The van der Waals surface area contributed by atoms with Crippen LogP contribution in [0, 0.1) is 5.92 Å². The molecule has 5 rings (SSSR count). The van der Waals surface area contributed by atoms with E-state index in [1.807, 2.05) is 22.9 Å². The lowest BCUT2D eigenvalue weighted by Gasteiger charge is -2.09. The fourth-order valence-electron chi connectivity index (χ4n) is 2.99. The van der Waals surface area contributed by atoms with E-state index >= 15 is 0 Å². The highest BCUT2D eigenvalue weighted by atomic mass is 32.2. The zero-order valence-electron chi connectivity index (χ0n) is 14.5. The van der Waals surface area contributed by atoms with Crippen LogP contribution >= 0.6 is 23.1 Å². The highest BCUT2D eigenvalue weighted by molar-refractivity contribution is 7.98. The van der Waals surface area contributed by atoms with Crippen molar-refractivity contribution >= 4 is 44.5 Å². The van der Waals surface area contributed by atoms with Gasteiger partial charge < -0.3 is 5.32 Å². The molecule has 0 atom stereocenters. The first-order valence-corrected chi connectivity index (χ1v) is 10.6. The van der Waals surface area contributed by atoms with Crippen LogP contribution in [0.2, 0.25) is 0 Å². The van der Waals surface area contributed by atoms with Gasteiger partial charge in [0.25, 0.3) is 0 Å². The van der Waals surface area contributed by atoms with E-state index in [2.05, 4.69) is 43.9 Å². The van der Waals surface area contributed by atoms with Gasteiger partial charge in [-0.05, 0) is 25.2 Å². The van der Waals surface area contributed by atoms with Crippen molar-refractivity contribution in [2.45, 2.75) is 17.7 Å². The number of aromatic nitrogens is 5. The van der Waals surface area contributed by atoms with Crippen molar-refractivity contribution in [1.29, 1.82) is 0 Å². The molecule has 9 heteroatoms. The molecule has 1 aliphatic rings. The average Bonchev–Trinajstić information content (AvgIpc) is 3.12. The molecule has 0 spiro atoms. The number of thioether (sulfide) groups is 1. The predicted octanol–water partition coefficient (Wildman–Crippen LogP) is 3.94. The lowest BCUT2D eigenvalue weighted by atomic mass is 10.1. The van der Waals surface area contributed by atoms with E-state index in [0.29, 0.717) is 10.8 Å². The number of hydrogen-bond donors (Lipinski definition) is 2. The Kier molecular flexibility index (Phi) is 3.98. The van der Waals surface area contributed by atoms with Gasteiger partial charge in [-0.2, -0.15) is 5.10 Å². The van der Waals surface area contributed by atoms with Gasteiger partial charge in [0, 0.05) is 16.4 Å². The van der Waals surface area contributed by atoms with Gasteiger partial charge in [-0.1, -0.05) is 29.5 Å². The Labute approximate surface area is 163 Å². The molecule has 7 nitrogen and oxygen atoms in total. The topological polar surface area (TPSA) is 88.5 Å². The van der Waals surface area contributed by atoms with Crippen molar-refractivity contribution in [2.75, 3.05) is 11.6 Å². The molecule has 1 aromatic carbocycles. The second kappa shape index (κ2) is 6.50. The number of H-pyrrole nitrogens is 1. The Morgan fingerprint density at radius 2 is 2.22 bits per heavy atom. The molecule has 0 saturated heterocycles. The molecule has 27 heavy (non-hydrogen) atoms. The van der Waals surface area contributed by atoms with Crippen LogP contribution < -0.4 is 5.32 Å². The largest absolute Gasteiger partial charge is 0.302 e. The van der Waals surface area contributed by atoms with Crippen LogP contribution in [0.15, 0.2) is 41.7 Å². The number of carbonyl (C=O) groups is 1. The molecule has 136 valence electrons. The molecular formula is C18H16N6OS2. The lowest BCUT2D eigenvalue weighted by molar-refractivity contribution is -0.117. The summed E-state index contributed by atoms with van der Waals surface area (Å²) in [5.74, 6) is 0.934.